The number of nitrogens with zero attached hydrogens (tertiary/aromatic N) is 1. The Morgan fingerprint density at radius 1 is 1.24 bits per heavy atom. The van der Waals surface area contributed by atoms with Crippen LogP contribution in [0.1, 0.15) is 43.7 Å². The van der Waals surface area contributed by atoms with Crippen LogP contribution in [-0.4, -0.2) is 47.1 Å². The summed E-state index contributed by atoms with van der Waals surface area (Å²) in [5, 5.41) is 2.18. The molecule has 8 nitrogen and oxygen atoms in total. The summed E-state index contributed by atoms with van der Waals surface area (Å²) in [6, 6.07) is 5.55. The lowest BCUT2D eigenvalue weighted by Gasteiger charge is -2.16. The van der Waals surface area contributed by atoms with Gasteiger partial charge in [-0.1, -0.05) is 30.4 Å². The zero-order valence-electron chi connectivity index (χ0n) is 18.5. The maximum absolute atomic E-state index is 12.5. The molecule has 0 aromatic heterocycles. The molecule has 1 heterocycles. The van der Waals surface area contributed by atoms with Gasteiger partial charge in [0.2, 0.25) is 17.7 Å². The average Bonchev–Trinajstić information content (AvgIpc) is 3.18. The van der Waals surface area contributed by atoms with Crippen LogP contribution in [-0.2, 0) is 19.1 Å². The van der Waals surface area contributed by atoms with E-state index in [-0.39, 0.29) is 49.6 Å². The van der Waals surface area contributed by atoms with Gasteiger partial charge in [-0.25, -0.2) is 4.79 Å². The van der Waals surface area contributed by atoms with Gasteiger partial charge in [0.05, 0.1) is 5.25 Å². The molecule has 3 rings (SSSR count). The van der Waals surface area contributed by atoms with Gasteiger partial charge in [0.25, 0.3) is 0 Å². The molecule has 9 heteroatoms. The van der Waals surface area contributed by atoms with Gasteiger partial charge in [-0.15, -0.1) is 0 Å². The molecule has 0 spiro atoms. The van der Waals surface area contributed by atoms with Crippen molar-refractivity contribution in [2.75, 3.05) is 18.5 Å². The van der Waals surface area contributed by atoms with Gasteiger partial charge < -0.3 is 15.8 Å². The zero-order chi connectivity index (χ0) is 24.1. The highest BCUT2D eigenvalue weighted by Crippen LogP contribution is 2.44. The van der Waals surface area contributed by atoms with Crippen molar-refractivity contribution < 1.29 is 23.9 Å². The van der Waals surface area contributed by atoms with E-state index in [1.54, 1.807) is 6.07 Å². The summed E-state index contributed by atoms with van der Waals surface area (Å²) in [4.78, 5) is 48.6. The highest BCUT2D eigenvalue weighted by atomic mass is 32.1. The number of amides is 4. The number of carbonyl (C=O) groups is 4. The van der Waals surface area contributed by atoms with Crippen LogP contribution in [0, 0.1) is 0 Å². The second-order valence-corrected chi connectivity index (χ2v) is 8.38. The SMILES string of the molecule is C/C=C\C1=C(/C=C\C)C(COC(N)=O)c2cc(NC(=O)CCN3C(=O)CC(S)C3=O)ccc21. The van der Waals surface area contributed by atoms with E-state index >= 15 is 0 Å². The molecule has 1 aliphatic carbocycles. The predicted molar refractivity (Wildman–Crippen MR) is 129 cm³/mol. The zero-order valence-corrected chi connectivity index (χ0v) is 19.4. The quantitative estimate of drug-likeness (QED) is 0.399. The van der Waals surface area contributed by atoms with Crippen molar-refractivity contribution in [1.29, 1.82) is 0 Å². The minimum atomic E-state index is -0.852. The van der Waals surface area contributed by atoms with Gasteiger partial charge in [0, 0.05) is 31.0 Å². The van der Waals surface area contributed by atoms with Crippen molar-refractivity contribution in [3.8, 4) is 0 Å². The van der Waals surface area contributed by atoms with Gasteiger partial charge in [-0.2, -0.15) is 12.6 Å². The largest absolute Gasteiger partial charge is 0.449 e. The number of primary amides is 1. The number of nitrogens with two attached hydrogens (primary N) is 1. The molecular formula is C24H27N3O5S. The molecule has 1 aromatic carbocycles. The Kier molecular flexibility index (Phi) is 7.75. The first kappa shape index (κ1) is 24.3. The van der Waals surface area contributed by atoms with Crippen LogP contribution < -0.4 is 11.1 Å². The second kappa shape index (κ2) is 10.5. The van der Waals surface area contributed by atoms with Gasteiger partial charge in [0.15, 0.2) is 0 Å². The molecule has 174 valence electrons. The van der Waals surface area contributed by atoms with E-state index in [9.17, 15) is 19.2 Å². The van der Waals surface area contributed by atoms with Crippen LogP contribution >= 0.6 is 12.6 Å². The van der Waals surface area contributed by atoms with Crippen LogP contribution in [0.25, 0.3) is 5.57 Å². The third-order valence-corrected chi connectivity index (χ3v) is 5.95. The molecule has 2 atom stereocenters. The third kappa shape index (κ3) is 5.36. The number of rotatable bonds is 8. The molecular weight excluding hydrogens is 442 g/mol. The Bertz CT molecular complexity index is 1080. The fourth-order valence-corrected chi connectivity index (χ4v) is 4.40. The Hall–Kier alpha value is -3.33. The van der Waals surface area contributed by atoms with E-state index < -0.39 is 11.3 Å². The van der Waals surface area contributed by atoms with Crippen molar-refractivity contribution in [1.82, 2.24) is 4.90 Å². The second-order valence-electron chi connectivity index (χ2n) is 7.76. The van der Waals surface area contributed by atoms with Crippen LogP contribution in [0.3, 0.4) is 0 Å². The molecule has 2 aliphatic rings. The molecule has 0 radical (unpaired) electrons. The van der Waals surface area contributed by atoms with Crippen molar-refractivity contribution in [3.63, 3.8) is 0 Å². The van der Waals surface area contributed by atoms with E-state index in [1.807, 2.05) is 50.3 Å². The van der Waals surface area contributed by atoms with E-state index in [4.69, 9.17) is 10.5 Å². The lowest BCUT2D eigenvalue weighted by Crippen LogP contribution is -2.33. The molecule has 1 aromatic rings. The normalized spacial score (nSPS) is 20.3. The summed E-state index contributed by atoms with van der Waals surface area (Å²) >= 11 is 4.09. The first-order chi connectivity index (χ1) is 15.8. The van der Waals surface area contributed by atoms with Gasteiger partial charge in [-0.05, 0) is 48.3 Å². The number of ether oxygens (including phenoxy) is 1. The topological polar surface area (TPSA) is 119 Å². The van der Waals surface area contributed by atoms with Crippen LogP contribution in [0.15, 0.2) is 48.1 Å². The van der Waals surface area contributed by atoms with E-state index in [0.29, 0.717) is 5.69 Å². The Morgan fingerprint density at radius 3 is 2.58 bits per heavy atom. The number of nitrogens with one attached hydrogen (secondary N) is 1. The number of fused-ring (bicyclic) bond motifs is 1. The Morgan fingerprint density at radius 2 is 1.97 bits per heavy atom. The number of allylic oxidation sites excluding steroid dienone is 5. The Labute approximate surface area is 197 Å². The summed E-state index contributed by atoms with van der Waals surface area (Å²) in [7, 11) is 0. The van der Waals surface area contributed by atoms with Gasteiger partial charge in [0.1, 0.15) is 6.61 Å². The van der Waals surface area contributed by atoms with Gasteiger partial charge >= 0.3 is 6.09 Å². The lowest BCUT2D eigenvalue weighted by molar-refractivity contribution is -0.138. The summed E-state index contributed by atoms with van der Waals surface area (Å²) in [5.41, 5.74) is 9.63. The number of benzene rings is 1. The number of carbonyl (C=O) groups excluding carboxylic acids is 4. The molecule has 4 amide bonds. The molecule has 0 saturated carbocycles. The van der Waals surface area contributed by atoms with Crippen molar-refractivity contribution in [2.45, 2.75) is 37.9 Å². The highest BCUT2D eigenvalue weighted by molar-refractivity contribution is 7.81. The lowest BCUT2D eigenvalue weighted by atomic mass is 9.95. The molecule has 33 heavy (non-hydrogen) atoms. The maximum atomic E-state index is 12.5. The first-order valence-electron chi connectivity index (χ1n) is 10.6. The van der Waals surface area contributed by atoms with E-state index in [0.717, 1.165) is 27.2 Å². The standard InChI is InChI=1S/C24H27N3O5S/c1-3-5-15-16(6-4-2)19(13-32-24(25)31)18-11-14(7-8-17(15)18)26-21(28)9-10-27-22(29)12-20(33)23(27)30/h3-8,11,19-20,33H,9-10,12-13H2,1-2H3,(H2,25,31)(H,26,28)/b5-3-,6-4-. The monoisotopic (exact) mass is 469 g/mol. The van der Waals surface area contributed by atoms with Crippen molar-refractivity contribution in [2.24, 2.45) is 5.73 Å². The third-order valence-electron chi connectivity index (χ3n) is 5.54. The molecule has 1 saturated heterocycles. The summed E-state index contributed by atoms with van der Waals surface area (Å²) < 4.78 is 5.11. The minimum Gasteiger partial charge on any atom is -0.449 e. The molecule has 0 bridgehead atoms. The number of anilines is 1. The predicted octanol–water partition coefficient (Wildman–Crippen LogP) is 3.17. The number of thiol groups is 1. The van der Waals surface area contributed by atoms with E-state index in [2.05, 4.69) is 17.9 Å². The Balaban J connectivity index is 1.78. The summed E-state index contributed by atoms with van der Waals surface area (Å²) in [6.45, 7) is 3.92. The fourth-order valence-electron chi connectivity index (χ4n) is 4.11. The highest BCUT2D eigenvalue weighted by Gasteiger charge is 2.36. The smallest absolute Gasteiger partial charge is 0.404 e. The van der Waals surface area contributed by atoms with Crippen LogP contribution in [0.5, 0.6) is 0 Å². The first-order valence-corrected chi connectivity index (χ1v) is 11.2. The average molecular weight is 470 g/mol. The molecule has 3 N–H and O–H groups in total. The van der Waals surface area contributed by atoms with Crippen LogP contribution in [0.2, 0.25) is 0 Å². The molecule has 1 aliphatic heterocycles. The number of likely N-dealkylation sites (tertiary alicyclic amines) is 1. The molecule has 1 fully saturated rings. The summed E-state index contributed by atoms with van der Waals surface area (Å²) in [6.07, 6.45) is 7.01. The van der Waals surface area contributed by atoms with Crippen molar-refractivity contribution in [3.05, 3.63) is 59.2 Å². The van der Waals surface area contributed by atoms with Gasteiger partial charge in [-0.3, -0.25) is 19.3 Å². The molecule has 2 unspecified atom stereocenters. The summed E-state index contributed by atoms with van der Waals surface area (Å²) in [5.74, 6) is -1.25. The van der Waals surface area contributed by atoms with Crippen molar-refractivity contribution >= 4 is 47.7 Å². The fraction of sp³-hybridized carbons (Fsp3) is 0.333. The van der Waals surface area contributed by atoms with Crippen LogP contribution in [0.4, 0.5) is 10.5 Å². The number of hydrogen-bond donors (Lipinski definition) is 3. The minimum absolute atomic E-state index is 0.0129. The number of hydrogen-bond acceptors (Lipinski definition) is 6. The number of imide groups is 1. The maximum Gasteiger partial charge on any atom is 0.404 e. The van der Waals surface area contributed by atoms with E-state index in [1.165, 1.54) is 0 Å².